The molecule has 0 aliphatic carbocycles. The van der Waals surface area contributed by atoms with Gasteiger partial charge in [-0.15, -0.1) is 15.6 Å². The zero-order valence-corrected chi connectivity index (χ0v) is 39.0. The van der Waals surface area contributed by atoms with Gasteiger partial charge in [-0.1, -0.05) is 17.3 Å². The minimum atomic E-state index is -5.09. The minimum absolute atomic E-state index is 0.0188. The van der Waals surface area contributed by atoms with E-state index in [4.69, 9.17) is 34.1 Å². The fourth-order valence-corrected chi connectivity index (χ4v) is 6.64. The first-order chi connectivity index (χ1) is 29.4. The summed E-state index contributed by atoms with van der Waals surface area (Å²) >= 11 is 0.883. The fourth-order valence-electron chi connectivity index (χ4n) is 5.50. The number of carbonyl (C=O) groups excluding carboxylic acids is 5. The van der Waals surface area contributed by atoms with Gasteiger partial charge in [0.25, 0.3) is 17.9 Å². The summed E-state index contributed by atoms with van der Waals surface area (Å²) in [5.74, 6) is -2.47. The number of hydrogen-bond acceptors (Lipinski definition) is 18. The van der Waals surface area contributed by atoms with Gasteiger partial charge in [-0.05, 0) is 100 Å². The van der Waals surface area contributed by atoms with Crippen LogP contribution in [0.5, 0.6) is 5.75 Å². The van der Waals surface area contributed by atoms with Gasteiger partial charge in [0.05, 0.1) is 5.54 Å². The summed E-state index contributed by atoms with van der Waals surface area (Å²) in [5, 5.41) is 17.6. The van der Waals surface area contributed by atoms with Crippen molar-refractivity contribution in [1.29, 1.82) is 0 Å². The smallest absolute Gasteiger partial charge is 0.418 e. The van der Waals surface area contributed by atoms with Crippen LogP contribution in [0.4, 0.5) is 20.5 Å². The van der Waals surface area contributed by atoms with E-state index >= 15 is 0 Å². The Morgan fingerprint density at radius 3 is 2.16 bits per heavy atom. The number of nitrogen functional groups attached to an aromatic ring is 1. The van der Waals surface area contributed by atoms with Crippen LogP contribution in [0, 0.1) is 0 Å². The zero-order chi connectivity index (χ0) is 48.0. The number of nitrogens with two attached hydrogens (primary N) is 1. The molecule has 352 valence electrons. The lowest BCUT2D eigenvalue weighted by Crippen LogP contribution is -2.76. The number of ether oxygens (including phenoxy) is 4. The highest BCUT2D eigenvalue weighted by Crippen LogP contribution is 2.33. The zero-order valence-electron chi connectivity index (χ0n) is 37.3. The minimum Gasteiger partial charge on any atom is -0.489 e. The van der Waals surface area contributed by atoms with Crippen molar-refractivity contribution in [3.63, 3.8) is 0 Å². The van der Waals surface area contributed by atoms with Crippen molar-refractivity contribution in [2.45, 2.75) is 124 Å². The van der Waals surface area contributed by atoms with Gasteiger partial charge in [0.1, 0.15) is 40.9 Å². The van der Waals surface area contributed by atoms with Crippen LogP contribution in [0.2, 0.25) is 0 Å². The van der Waals surface area contributed by atoms with E-state index in [0.29, 0.717) is 41.4 Å². The van der Waals surface area contributed by atoms with Crippen LogP contribution >= 0.6 is 11.3 Å². The molecule has 0 radical (unpaired) electrons. The van der Waals surface area contributed by atoms with Crippen LogP contribution in [0.1, 0.15) is 88.3 Å². The van der Waals surface area contributed by atoms with E-state index in [9.17, 15) is 32.4 Å². The average Bonchev–Trinajstić information content (AvgIpc) is 3.75. The van der Waals surface area contributed by atoms with Gasteiger partial charge in [-0.2, -0.15) is 18.6 Å². The molecule has 2 aromatic heterocycles. The third-order valence-corrected chi connectivity index (χ3v) is 9.32. The molecule has 3 aromatic rings. The molecule has 64 heavy (non-hydrogen) atoms. The number of carbonyl (C=O) groups is 5. The molecule has 0 bridgehead atoms. The topological polar surface area (TPSA) is 304 Å². The maximum atomic E-state index is 13.9. The summed E-state index contributed by atoms with van der Waals surface area (Å²) in [7, 11) is -5.09. The van der Waals surface area contributed by atoms with E-state index < -0.39 is 87.2 Å². The molecule has 4 amide bonds. The van der Waals surface area contributed by atoms with Crippen LogP contribution in [0.25, 0.3) is 11.1 Å². The molecule has 1 aliphatic rings. The summed E-state index contributed by atoms with van der Waals surface area (Å²) in [5.41, 5.74) is 2.85. The highest BCUT2D eigenvalue weighted by Gasteiger charge is 2.58. The number of aromatic nitrogens is 3. The van der Waals surface area contributed by atoms with Gasteiger partial charge in [0.15, 0.2) is 16.7 Å². The highest BCUT2D eigenvalue weighted by molar-refractivity contribution is 7.80. The largest absolute Gasteiger partial charge is 0.489 e. The second-order valence-corrected chi connectivity index (χ2v) is 19.6. The van der Waals surface area contributed by atoms with Gasteiger partial charge < -0.3 is 40.2 Å². The lowest BCUT2D eigenvalue weighted by atomic mass is 9.84. The molecule has 6 N–H and O–H groups in total. The second-order valence-electron chi connectivity index (χ2n) is 17.7. The summed E-state index contributed by atoms with van der Waals surface area (Å²) in [6.07, 6.45) is -0.630. The first-order valence-corrected chi connectivity index (χ1v) is 21.9. The third-order valence-electron chi connectivity index (χ3n) is 8.22. The SMILES string of the molecule is CC(C)(C)OC(=O)NCCCn1cc(-c2ccc(OCC(O/N=C(\C(=O)NC3C(=O)N(OS(=O)(=O)O)C3(C)C)c3csc(NC(=O)OC(C)(C)C)n3)C(=O)OC(C)(C)C)cc2)c(N)n1. The van der Waals surface area contributed by atoms with Crippen molar-refractivity contribution in [1.82, 2.24) is 30.5 Å². The van der Waals surface area contributed by atoms with Crippen LogP contribution in [-0.4, -0.2) is 116 Å². The maximum Gasteiger partial charge on any atom is 0.418 e. The first-order valence-electron chi connectivity index (χ1n) is 19.7. The third kappa shape index (κ3) is 15.0. The number of β-lactam (4-membered cyclic amide) rings is 1. The Bertz CT molecular complexity index is 2320. The Morgan fingerprint density at radius 1 is 0.969 bits per heavy atom. The number of alkyl carbamates (subject to hydrolysis) is 1. The van der Waals surface area contributed by atoms with E-state index in [-0.39, 0.29) is 16.6 Å². The number of nitrogens with zero attached hydrogens (tertiary/aromatic N) is 5. The van der Waals surface area contributed by atoms with Crippen molar-refractivity contribution in [3.8, 4) is 16.9 Å². The van der Waals surface area contributed by atoms with Gasteiger partial charge >= 0.3 is 28.6 Å². The van der Waals surface area contributed by atoms with Crippen LogP contribution in [-0.2, 0) is 54.7 Å². The van der Waals surface area contributed by atoms with Crippen molar-refractivity contribution < 1.29 is 65.0 Å². The van der Waals surface area contributed by atoms with E-state index in [1.165, 1.54) is 19.2 Å². The van der Waals surface area contributed by atoms with Crippen molar-refractivity contribution in [2.24, 2.45) is 5.16 Å². The molecule has 2 unspecified atom stereocenters. The lowest BCUT2D eigenvalue weighted by Gasteiger charge is -2.50. The average molecular weight is 938 g/mol. The molecule has 4 rings (SSSR count). The van der Waals surface area contributed by atoms with Gasteiger partial charge in [-0.25, -0.2) is 19.4 Å². The van der Waals surface area contributed by atoms with Crippen LogP contribution < -0.4 is 26.4 Å². The monoisotopic (exact) mass is 937 g/mol. The Kier molecular flexibility index (Phi) is 15.6. The Labute approximate surface area is 374 Å². The van der Waals surface area contributed by atoms with Crippen LogP contribution in [0.3, 0.4) is 0 Å². The van der Waals surface area contributed by atoms with Gasteiger partial charge in [-0.3, -0.25) is 24.1 Å². The number of oxime groups is 1. The van der Waals surface area contributed by atoms with Gasteiger partial charge in [0.2, 0.25) is 0 Å². The molecule has 3 heterocycles. The quantitative estimate of drug-likeness (QED) is 0.0241. The standard InChI is InChI=1S/C39H55N9O14S2/c1-36(2,3)58-32(51)26(20-57-23-15-13-22(14-16-23)24-19-47(45-29(24)40)18-12-17-41-34(52)59-37(4,5)6)61-46-27(25-21-63-33(42-25)44-35(53)60-38(7,8)9)30(49)43-28-31(50)48(39(28,10)11)62-64(54,55)56/h13-16,19,21,26,28H,12,17-18,20H2,1-11H3,(H2,40,45)(H,41,52)(H,43,49)(H,42,44,53)(H,54,55,56)/b46-27-. The number of amides is 4. The number of nitrogens with one attached hydrogen (secondary N) is 3. The molecular formula is C39H55N9O14S2. The van der Waals surface area contributed by atoms with Crippen LogP contribution in [0.15, 0.2) is 41.0 Å². The Balaban J connectivity index is 1.53. The summed E-state index contributed by atoms with van der Waals surface area (Å²) in [4.78, 5) is 74.5. The summed E-state index contributed by atoms with van der Waals surface area (Å²) in [6, 6.07) is 5.27. The van der Waals surface area contributed by atoms with Crippen molar-refractivity contribution in [3.05, 3.63) is 41.5 Å². The van der Waals surface area contributed by atoms with Gasteiger partial charge in [0, 0.05) is 30.2 Å². The summed E-state index contributed by atoms with van der Waals surface area (Å²) in [6.45, 7) is 18.2. The molecular weight excluding hydrogens is 883 g/mol. The number of esters is 1. The Hall–Kier alpha value is -6.05. The van der Waals surface area contributed by atoms with E-state index in [2.05, 4.69) is 35.5 Å². The molecule has 23 nitrogen and oxygen atoms in total. The van der Waals surface area contributed by atoms with E-state index in [1.54, 1.807) is 97.5 Å². The number of aryl methyl sites for hydroxylation is 1. The molecule has 1 aromatic carbocycles. The summed E-state index contributed by atoms with van der Waals surface area (Å²) < 4.78 is 59.8. The molecule has 0 spiro atoms. The van der Waals surface area contributed by atoms with E-state index in [1.807, 2.05) is 0 Å². The number of hydrogen-bond donors (Lipinski definition) is 5. The predicted molar refractivity (Wildman–Crippen MR) is 231 cm³/mol. The molecule has 2 atom stereocenters. The lowest BCUT2D eigenvalue weighted by molar-refractivity contribution is -0.218. The second kappa shape index (κ2) is 19.8. The van der Waals surface area contributed by atoms with Crippen molar-refractivity contribution >= 4 is 68.4 Å². The number of benzene rings is 1. The molecule has 1 aliphatic heterocycles. The molecule has 1 saturated heterocycles. The normalized spacial score (nSPS) is 15.9. The number of anilines is 2. The fraction of sp³-hybridized carbons (Fsp3) is 0.538. The first kappa shape index (κ1) is 50.6. The van der Waals surface area contributed by atoms with E-state index in [0.717, 1.165) is 11.3 Å². The number of rotatable bonds is 17. The van der Waals surface area contributed by atoms with Crippen molar-refractivity contribution in [2.75, 3.05) is 24.2 Å². The predicted octanol–water partition coefficient (Wildman–Crippen LogP) is 4.20. The number of thiazole rings is 1. The maximum absolute atomic E-state index is 13.9. The number of hydroxylamine groups is 2. The molecule has 0 saturated carbocycles. The molecule has 1 fully saturated rings. The Morgan fingerprint density at radius 2 is 1.58 bits per heavy atom. The highest BCUT2D eigenvalue weighted by atomic mass is 32.3. The molecule has 25 heteroatoms.